The molecular weight excluding hydrogens is 254 g/mol. The highest BCUT2D eigenvalue weighted by molar-refractivity contribution is 5.83. The Hall–Kier alpha value is -2.30. The number of rotatable bonds is 2. The van der Waals surface area contributed by atoms with Crippen molar-refractivity contribution in [2.24, 2.45) is 0 Å². The molecule has 106 valence electrons. The number of nitrogens with one attached hydrogen (secondary N) is 2. The van der Waals surface area contributed by atoms with Crippen molar-refractivity contribution >= 4 is 12.0 Å². The second kappa shape index (κ2) is 5.36. The van der Waals surface area contributed by atoms with Crippen molar-refractivity contribution in [1.82, 2.24) is 9.97 Å². The Bertz CT molecular complexity index is 612. The normalized spacial score (nSPS) is 11.2. The molecule has 2 N–H and O–H groups in total. The summed E-state index contributed by atoms with van der Waals surface area (Å²) in [6, 6.07) is 7.97. The van der Waals surface area contributed by atoms with Crippen LogP contribution in [-0.4, -0.2) is 21.7 Å². The molecule has 1 aromatic heterocycles. The maximum atomic E-state index is 11.6. The molecule has 0 aliphatic carbocycles. The SMILES string of the molecule is Cc1ccccc1-c1cnc(NC(=O)OC(C)(C)C)[nH]1. The minimum Gasteiger partial charge on any atom is -0.444 e. The second-order valence-electron chi connectivity index (χ2n) is 5.59. The molecule has 0 saturated heterocycles. The number of hydrogen-bond acceptors (Lipinski definition) is 3. The van der Waals surface area contributed by atoms with Crippen LogP contribution in [0.15, 0.2) is 30.5 Å². The van der Waals surface area contributed by atoms with E-state index >= 15 is 0 Å². The minimum absolute atomic E-state index is 0.373. The van der Waals surface area contributed by atoms with Crippen LogP contribution < -0.4 is 5.32 Å². The molecule has 0 bridgehead atoms. The summed E-state index contributed by atoms with van der Waals surface area (Å²) in [6.07, 6.45) is 1.16. The Balaban J connectivity index is 2.10. The van der Waals surface area contributed by atoms with Gasteiger partial charge in [0.25, 0.3) is 0 Å². The molecule has 20 heavy (non-hydrogen) atoms. The molecule has 0 aliphatic heterocycles. The van der Waals surface area contributed by atoms with E-state index in [1.807, 2.05) is 52.0 Å². The summed E-state index contributed by atoms with van der Waals surface area (Å²) in [5.41, 5.74) is 2.52. The van der Waals surface area contributed by atoms with E-state index in [0.717, 1.165) is 16.8 Å². The van der Waals surface area contributed by atoms with Gasteiger partial charge in [0, 0.05) is 5.56 Å². The van der Waals surface area contributed by atoms with Crippen molar-refractivity contribution in [3.63, 3.8) is 0 Å². The summed E-state index contributed by atoms with van der Waals surface area (Å²) in [6.45, 7) is 7.46. The number of carbonyl (C=O) groups excluding carboxylic acids is 1. The van der Waals surface area contributed by atoms with Gasteiger partial charge in [-0.3, -0.25) is 5.32 Å². The molecule has 1 heterocycles. The van der Waals surface area contributed by atoms with Gasteiger partial charge in [0.15, 0.2) is 0 Å². The van der Waals surface area contributed by atoms with Crippen LogP contribution in [0, 0.1) is 6.92 Å². The molecule has 0 saturated carbocycles. The topological polar surface area (TPSA) is 67.0 Å². The Labute approximate surface area is 118 Å². The molecule has 1 amide bonds. The standard InChI is InChI=1S/C15H19N3O2/c1-10-7-5-6-8-11(10)12-9-16-13(17-12)18-14(19)20-15(2,3)4/h5-9H,1-4H3,(H2,16,17,18,19). The van der Waals surface area contributed by atoms with E-state index in [0.29, 0.717) is 5.95 Å². The maximum absolute atomic E-state index is 11.6. The zero-order chi connectivity index (χ0) is 14.8. The largest absolute Gasteiger partial charge is 0.444 e. The first-order valence-electron chi connectivity index (χ1n) is 6.46. The van der Waals surface area contributed by atoms with Crippen LogP contribution in [0.3, 0.4) is 0 Å². The lowest BCUT2D eigenvalue weighted by atomic mass is 10.1. The van der Waals surface area contributed by atoms with Gasteiger partial charge in [0.1, 0.15) is 5.60 Å². The lowest BCUT2D eigenvalue weighted by molar-refractivity contribution is 0.0635. The predicted octanol–water partition coefficient (Wildman–Crippen LogP) is 3.73. The summed E-state index contributed by atoms with van der Waals surface area (Å²) in [5, 5.41) is 2.58. The zero-order valence-electron chi connectivity index (χ0n) is 12.2. The van der Waals surface area contributed by atoms with Crippen LogP contribution in [-0.2, 0) is 4.74 Å². The fraction of sp³-hybridized carbons (Fsp3) is 0.333. The molecule has 0 fully saturated rings. The predicted molar refractivity (Wildman–Crippen MR) is 78.6 cm³/mol. The monoisotopic (exact) mass is 273 g/mol. The maximum Gasteiger partial charge on any atom is 0.414 e. The minimum atomic E-state index is -0.532. The average molecular weight is 273 g/mol. The third-order valence-corrected chi connectivity index (χ3v) is 2.63. The third-order valence-electron chi connectivity index (χ3n) is 2.63. The number of aromatic nitrogens is 2. The number of aryl methyl sites for hydroxylation is 1. The molecule has 0 spiro atoms. The Morgan fingerprint density at radius 2 is 2.00 bits per heavy atom. The smallest absolute Gasteiger partial charge is 0.414 e. The number of H-pyrrole nitrogens is 1. The van der Waals surface area contributed by atoms with Crippen LogP contribution in [0.5, 0.6) is 0 Å². The van der Waals surface area contributed by atoms with Crippen molar-refractivity contribution in [3.05, 3.63) is 36.0 Å². The number of ether oxygens (including phenoxy) is 1. The number of imidazole rings is 1. The van der Waals surface area contributed by atoms with E-state index in [2.05, 4.69) is 15.3 Å². The first-order valence-corrected chi connectivity index (χ1v) is 6.46. The van der Waals surface area contributed by atoms with E-state index in [4.69, 9.17) is 4.74 Å². The van der Waals surface area contributed by atoms with Gasteiger partial charge in [-0.15, -0.1) is 0 Å². The second-order valence-corrected chi connectivity index (χ2v) is 5.59. The number of amides is 1. The summed E-state index contributed by atoms with van der Waals surface area (Å²) < 4.78 is 5.17. The first kappa shape index (κ1) is 14.1. The molecule has 2 aromatic rings. The molecule has 1 aromatic carbocycles. The molecule has 5 heteroatoms. The Morgan fingerprint density at radius 1 is 1.30 bits per heavy atom. The van der Waals surface area contributed by atoms with Gasteiger partial charge in [0.05, 0.1) is 11.9 Å². The van der Waals surface area contributed by atoms with E-state index < -0.39 is 11.7 Å². The number of anilines is 1. The quantitative estimate of drug-likeness (QED) is 0.876. The Kier molecular flexibility index (Phi) is 3.79. The van der Waals surface area contributed by atoms with Gasteiger partial charge in [0.2, 0.25) is 5.95 Å². The summed E-state index contributed by atoms with van der Waals surface area (Å²) >= 11 is 0. The number of aromatic amines is 1. The van der Waals surface area contributed by atoms with Crippen molar-refractivity contribution < 1.29 is 9.53 Å². The fourth-order valence-electron chi connectivity index (χ4n) is 1.80. The van der Waals surface area contributed by atoms with Crippen molar-refractivity contribution in [2.45, 2.75) is 33.3 Å². The third kappa shape index (κ3) is 3.60. The van der Waals surface area contributed by atoms with E-state index in [9.17, 15) is 4.79 Å². The first-order chi connectivity index (χ1) is 9.35. The van der Waals surface area contributed by atoms with E-state index in [-0.39, 0.29) is 0 Å². The molecule has 0 aliphatic rings. The molecule has 2 rings (SSSR count). The van der Waals surface area contributed by atoms with Crippen molar-refractivity contribution in [3.8, 4) is 11.3 Å². The highest BCUT2D eigenvalue weighted by Crippen LogP contribution is 2.22. The highest BCUT2D eigenvalue weighted by atomic mass is 16.6. The molecule has 5 nitrogen and oxygen atoms in total. The summed E-state index contributed by atoms with van der Waals surface area (Å²) in [5.74, 6) is 0.373. The zero-order valence-corrected chi connectivity index (χ0v) is 12.2. The summed E-state index contributed by atoms with van der Waals surface area (Å²) in [4.78, 5) is 18.8. The van der Waals surface area contributed by atoms with Crippen molar-refractivity contribution in [2.75, 3.05) is 5.32 Å². The lowest BCUT2D eigenvalue weighted by Gasteiger charge is -2.18. The van der Waals surface area contributed by atoms with Gasteiger partial charge in [-0.05, 0) is 33.3 Å². The van der Waals surface area contributed by atoms with Gasteiger partial charge in [-0.25, -0.2) is 9.78 Å². The van der Waals surface area contributed by atoms with Crippen LogP contribution in [0.2, 0.25) is 0 Å². The van der Waals surface area contributed by atoms with Gasteiger partial charge >= 0.3 is 6.09 Å². The number of carbonyl (C=O) groups is 1. The number of benzene rings is 1. The van der Waals surface area contributed by atoms with Gasteiger partial charge in [-0.2, -0.15) is 0 Å². The summed E-state index contributed by atoms with van der Waals surface area (Å²) in [7, 11) is 0. The fourth-order valence-corrected chi connectivity index (χ4v) is 1.80. The van der Waals surface area contributed by atoms with Crippen LogP contribution in [0.1, 0.15) is 26.3 Å². The van der Waals surface area contributed by atoms with E-state index in [1.54, 1.807) is 6.20 Å². The number of nitrogens with zero attached hydrogens (tertiary/aromatic N) is 1. The lowest BCUT2D eigenvalue weighted by Crippen LogP contribution is -2.27. The Morgan fingerprint density at radius 3 is 2.65 bits per heavy atom. The average Bonchev–Trinajstić information content (AvgIpc) is 2.75. The molecule has 0 atom stereocenters. The molecule has 0 radical (unpaired) electrons. The van der Waals surface area contributed by atoms with E-state index in [1.165, 1.54) is 0 Å². The highest BCUT2D eigenvalue weighted by Gasteiger charge is 2.17. The van der Waals surface area contributed by atoms with Gasteiger partial charge < -0.3 is 9.72 Å². The number of hydrogen-bond donors (Lipinski definition) is 2. The van der Waals surface area contributed by atoms with Crippen LogP contribution >= 0.6 is 0 Å². The molecule has 0 unspecified atom stereocenters. The van der Waals surface area contributed by atoms with Crippen LogP contribution in [0.4, 0.5) is 10.7 Å². The van der Waals surface area contributed by atoms with Gasteiger partial charge in [-0.1, -0.05) is 24.3 Å². The molecular formula is C15H19N3O2. The van der Waals surface area contributed by atoms with Crippen LogP contribution in [0.25, 0.3) is 11.3 Å². The van der Waals surface area contributed by atoms with Crippen molar-refractivity contribution in [1.29, 1.82) is 0 Å².